The second-order valence-electron chi connectivity index (χ2n) is 5.56. The number of urea groups is 1. The molecule has 0 saturated heterocycles. The molecular formula is C15H22N4O2S. The SMILES string of the molecule is Cc1noc(C)c1C(C)NC(=O)N(C)CC(C)c1nccs1. The van der Waals surface area contributed by atoms with E-state index in [0.717, 1.165) is 22.0 Å². The quantitative estimate of drug-likeness (QED) is 0.917. The third-order valence-corrected chi connectivity index (χ3v) is 4.64. The topological polar surface area (TPSA) is 71.3 Å². The van der Waals surface area contributed by atoms with E-state index in [1.807, 2.05) is 26.2 Å². The van der Waals surface area contributed by atoms with Gasteiger partial charge in [0, 0.05) is 36.7 Å². The van der Waals surface area contributed by atoms with Crippen LogP contribution in [-0.4, -0.2) is 34.7 Å². The van der Waals surface area contributed by atoms with Crippen LogP contribution >= 0.6 is 11.3 Å². The lowest BCUT2D eigenvalue weighted by atomic mass is 10.1. The number of rotatable bonds is 5. The lowest BCUT2D eigenvalue weighted by Crippen LogP contribution is -2.40. The van der Waals surface area contributed by atoms with Crippen molar-refractivity contribution < 1.29 is 9.32 Å². The Kier molecular flexibility index (Phi) is 5.18. The van der Waals surface area contributed by atoms with Crippen LogP contribution in [0.5, 0.6) is 0 Å². The van der Waals surface area contributed by atoms with Gasteiger partial charge >= 0.3 is 6.03 Å². The highest BCUT2D eigenvalue weighted by Crippen LogP contribution is 2.22. The maximum atomic E-state index is 12.3. The zero-order chi connectivity index (χ0) is 16.3. The molecule has 1 N–H and O–H groups in total. The summed E-state index contributed by atoms with van der Waals surface area (Å²) in [5, 5.41) is 9.90. The summed E-state index contributed by atoms with van der Waals surface area (Å²) in [5.74, 6) is 0.953. The van der Waals surface area contributed by atoms with Gasteiger partial charge < -0.3 is 14.7 Å². The van der Waals surface area contributed by atoms with E-state index >= 15 is 0 Å². The molecule has 2 atom stereocenters. The van der Waals surface area contributed by atoms with Crippen molar-refractivity contribution in [2.75, 3.05) is 13.6 Å². The maximum absolute atomic E-state index is 12.3. The number of aryl methyl sites for hydroxylation is 2. The summed E-state index contributed by atoms with van der Waals surface area (Å²) in [6.45, 7) is 8.35. The van der Waals surface area contributed by atoms with Crippen LogP contribution < -0.4 is 5.32 Å². The average molecular weight is 322 g/mol. The van der Waals surface area contributed by atoms with Gasteiger partial charge in [-0.2, -0.15) is 0 Å². The van der Waals surface area contributed by atoms with Gasteiger partial charge in [-0.05, 0) is 20.8 Å². The minimum Gasteiger partial charge on any atom is -0.361 e. The van der Waals surface area contributed by atoms with Crippen molar-refractivity contribution in [1.29, 1.82) is 0 Å². The molecule has 120 valence electrons. The number of thiazole rings is 1. The molecule has 7 heteroatoms. The van der Waals surface area contributed by atoms with Gasteiger partial charge in [-0.15, -0.1) is 11.3 Å². The molecule has 0 fully saturated rings. The minimum atomic E-state index is -0.142. The van der Waals surface area contributed by atoms with E-state index < -0.39 is 0 Å². The van der Waals surface area contributed by atoms with Crippen LogP contribution in [0.15, 0.2) is 16.1 Å². The van der Waals surface area contributed by atoms with E-state index in [1.54, 1.807) is 29.5 Å². The second-order valence-corrected chi connectivity index (χ2v) is 6.49. The van der Waals surface area contributed by atoms with Gasteiger partial charge in [0.2, 0.25) is 0 Å². The van der Waals surface area contributed by atoms with Crippen molar-refractivity contribution in [1.82, 2.24) is 20.4 Å². The molecule has 0 aliphatic carbocycles. The summed E-state index contributed by atoms with van der Waals surface area (Å²) in [6.07, 6.45) is 1.79. The van der Waals surface area contributed by atoms with Gasteiger partial charge in [0.15, 0.2) is 0 Å². The summed E-state index contributed by atoms with van der Waals surface area (Å²) < 4.78 is 5.15. The minimum absolute atomic E-state index is 0.115. The molecule has 2 unspecified atom stereocenters. The smallest absolute Gasteiger partial charge is 0.317 e. The number of nitrogens with one attached hydrogen (secondary N) is 1. The number of nitrogens with zero attached hydrogens (tertiary/aromatic N) is 3. The Morgan fingerprint density at radius 3 is 2.73 bits per heavy atom. The maximum Gasteiger partial charge on any atom is 0.317 e. The molecule has 0 aliphatic heterocycles. The normalized spacial score (nSPS) is 13.7. The monoisotopic (exact) mass is 322 g/mol. The van der Waals surface area contributed by atoms with E-state index in [2.05, 4.69) is 22.4 Å². The van der Waals surface area contributed by atoms with Crippen LogP contribution in [0, 0.1) is 13.8 Å². The molecule has 0 aliphatic rings. The molecule has 2 heterocycles. The van der Waals surface area contributed by atoms with Gasteiger partial charge in [-0.1, -0.05) is 12.1 Å². The predicted octanol–water partition coefficient (Wildman–Crippen LogP) is 3.25. The van der Waals surface area contributed by atoms with Crippen LogP contribution in [0.3, 0.4) is 0 Å². The molecule has 2 aromatic heterocycles. The highest BCUT2D eigenvalue weighted by Gasteiger charge is 2.21. The fourth-order valence-electron chi connectivity index (χ4n) is 2.53. The van der Waals surface area contributed by atoms with Crippen molar-refractivity contribution in [3.63, 3.8) is 0 Å². The van der Waals surface area contributed by atoms with Crippen molar-refractivity contribution in [2.45, 2.75) is 39.7 Å². The Bertz CT molecular complexity index is 604. The Morgan fingerprint density at radius 2 is 2.18 bits per heavy atom. The standard InChI is InChI=1S/C15H22N4O2S/c1-9(14-16-6-7-22-14)8-19(5)15(20)17-10(2)13-11(3)18-21-12(13)4/h6-7,9-10H,8H2,1-5H3,(H,17,20). The van der Waals surface area contributed by atoms with Crippen LogP contribution in [0.2, 0.25) is 0 Å². The van der Waals surface area contributed by atoms with E-state index in [4.69, 9.17) is 4.52 Å². The van der Waals surface area contributed by atoms with Crippen LogP contribution in [-0.2, 0) is 0 Å². The third kappa shape index (κ3) is 3.65. The molecule has 0 aromatic carbocycles. The van der Waals surface area contributed by atoms with E-state index in [9.17, 15) is 4.79 Å². The summed E-state index contributed by atoms with van der Waals surface area (Å²) >= 11 is 1.61. The van der Waals surface area contributed by atoms with Crippen LogP contribution in [0.4, 0.5) is 4.79 Å². The largest absolute Gasteiger partial charge is 0.361 e. The second kappa shape index (κ2) is 6.91. The average Bonchev–Trinajstić information content (AvgIpc) is 3.08. The fraction of sp³-hybridized carbons (Fsp3) is 0.533. The number of carbonyl (C=O) groups excluding carboxylic acids is 1. The Balaban J connectivity index is 1.94. The molecule has 22 heavy (non-hydrogen) atoms. The predicted molar refractivity (Wildman–Crippen MR) is 86.1 cm³/mol. The van der Waals surface area contributed by atoms with Gasteiger partial charge in [0.25, 0.3) is 0 Å². The number of amides is 2. The molecule has 0 bridgehead atoms. The zero-order valence-corrected chi connectivity index (χ0v) is 14.4. The van der Waals surface area contributed by atoms with E-state index in [0.29, 0.717) is 6.54 Å². The van der Waals surface area contributed by atoms with Gasteiger partial charge in [-0.3, -0.25) is 0 Å². The Labute approximate surface area is 134 Å². The molecular weight excluding hydrogens is 300 g/mol. The van der Waals surface area contributed by atoms with Crippen LogP contribution in [0.25, 0.3) is 0 Å². The molecule has 2 rings (SSSR count). The van der Waals surface area contributed by atoms with Crippen molar-refractivity contribution in [3.05, 3.63) is 33.6 Å². The van der Waals surface area contributed by atoms with Crippen molar-refractivity contribution in [2.24, 2.45) is 0 Å². The number of aromatic nitrogens is 2. The number of likely N-dealkylation sites (N-methyl/N-ethyl adjacent to an activating group) is 1. The third-order valence-electron chi connectivity index (χ3n) is 3.63. The fourth-order valence-corrected chi connectivity index (χ4v) is 3.22. The first-order valence-electron chi connectivity index (χ1n) is 7.24. The van der Waals surface area contributed by atoms with Gasteiger partial charge in [0.05, 0.1) is 16.7 Å². The lowest BCUT2D eigenvalue weighted by Gasteiger charge is -2.23. The first-order chi connectivity index (χ1) is 10.4. The molecule has 0 spiro atoms. The molecule has 2 aromatic rings. The Hall–Kier alpha value is -1.89. The summed E-state index contributed by atoms with van der Waals surface area (Å²) in [6, 6.07) is -0.257. The summed E-state index contributed by atoms with van der Waals surface area (Å²) in [5.41, 5.74) is 1.75. The van der Waals surface area contributed by atoms with Crippen molar-refractivity contribution in [3.8, 4) is 0 Å². The molecule has 0 radical (unpaired) electrons. The highest BCUT2D eigenvalue weighted by atomic mass is 32.1. The Morgan fingerprint density at radius 1 is 1.45 bits per heavy atom. The summed E-state index contributed by atoms with van der Waals surface area (Å²) in [7, 11) is 1.79. The first-order valence-corrected chi connectivity index (χ1v) is 8.12. The lowest BCUT2D eigenvalue weighted by molar-refractivity contribution is 0.203. The van der Waals surface area contributed by atoms with E-state index in [1.165, 1.54) is 0 Å². The first kappa shape index (κ1) is 16.5. The zero-order valence-electron chi connectivity index (χ0n) is 13.6. The number of hydrogen-bond donors (Lipinski definition) is 1. The highest BCUT2D eigenvalue weighted by molar-refractivity contribution is 7.09. The molecule has 0 saturated carbocycles. The van der Waals surface area contributed by atoms with Crippen molar-refractivity contribution >= 4 is 17.4 Å². The van der Waals surface area contributed by atoms with Gasteiger partial charge in [-0.25, -0.2) is 9.78 Å². The van der Waals surface area contributed by atoms with E-state index in [-0.39, 0.29) is 18.0 Å². The number of carbonyl (C=O) groups is 1. The molecule has 6 nitrogen and oxygen atoms in total. The number of hydrogen-bond acceptors (Lipinski definition) is 5. The molecule has 2 amide bonds. The van der Waals surface area contributed by atoms with Crippen LogP contribution in [0.1, 0.15) is 47.8 Å². The van der Waals surface area contributed by atoms with Gasteiger partial charge in [0.1, 0.15) is 5.76 Å². The summed E-state index contributed by atoms with van der Waals surface area (Å²) in [4.78, 5) is 18.3.